The van der Waals surface area contributed by atoms with Crippen LogP contribution in [0.5, 0.6) is 11.5 Å². The Morgan fingerprint density at radius 2 is 2.26 bits per heavy atom. The molecule has 1 saturated heterocycles. The van der Waals surface area contributed by atoms with Gasteiger partial charge in [0.05, 0.1) is 13.0 Å². The third-order valence-electron chi connectivity index (χ3n) is 3.18. The highest BCUT2D eigenvalue weighted by atomic mass is 16.5. The zero-order valence-corrected chi connectivity index (χ0v) is 10.5. The van der Waals surface area contributed by atoms with Crippen molar-refractivity contribution in [3.05, 3.63) is 23.8 Å². The number of phenolic OH excluding ortho intramolecular Hbond substituents is 1. The predicted octanol–water partition coefficient (Wildman–Crippen LogP) is 0.834. The maximum atomic E-state index is 11.7. The fraction of sp³-hybridized carbons (Fsp3) is 0.385. The smallest absolute Gasteiger partial charge is 0.308 e. The van der Waals surface area contributed by atoms with Crippen molar-refractivity contribution in [2.24, 2.45) is 5.92 Å². The maximum absolute atomic E-state index is 11.7. The number of carboxylic acids is 1. The quantitative estimate of drug-likeness (QED) is 0.842. The van der Waals surface area contributed by atoms with Crippen LogP contribution in [0.2, 0.25) is 0 Å². The van der Waals surface area contributed by atoms with Crippen LogP contribution in [-0.2, 0) is 16.1 Å². The first-order chi connectivity index (χ1) is 9.01. The molecular formula is C13H15NO5. The van der Waals surface area contributed by atoms with Gasteiger partial charge in [-0.3, -0.25) is 9.59 Å². The van der Waals surface area contributed by atoms with Gasteiger partial charge < -0.3 is 19.8 Å². The molecule has 2 rings (SSSR count). The van der Waals surface area contributed by atoms with E-state index in [-0.39, 0.29) is 24.6 Å². The highest BCUT2D eigenvalue weighted by Gasteiger charge is 2.34. The van der Waals surface area contributed by atoms with E-state index in [1.165, 1.54) is 18.1 Å². The largest absolute Gasteiger partial charge is 0.504 e. The van der Waals surface area contributed by atoms with Gasteiger partial charge in [-0.2, -0.15) is 0 Å². The van der Waals surface area contributed by atoms with Crippen LogP contribution in [0.3, 0.4) is 0 Å². The van der Waals surface area contributed by atoms with Crippen molar-refractivity contribution in [2.45, 2.75) is 13.0 Å². The zero-order valence-electron chi connectivity index (χ0n) is 10.5. The minimum absolute atomic E-state index is 0.0300. The van der Waals surface area contributed by atoms with Crippen molar-refractivity contribution in [2.75, 3.05) is 13.7 Å². The van der Waals surface area contributed by atoms with Crippen molar-refractivity contribution in [1.82, 2.24) is 4.90 Å². The lowest BCUT2D eigenvalue weighted by Gasteiger charge is -2.16. The van der Waals surface area contributed by atoms with E-state index in [0.717, 1.165) is 5.56 Å². The van der Waals surface area contributed by atoms with Crippen LogP contribution in [0.1, 0.15) is 12.0 Å². The van der Waals surface area contributed by atoms with Crippen molar-refractivity contribution >= 4 is 11.9 Å². The van der Waals surface area contributed by atoms with Gasteiger partial charge >= 0.3 is 5.97 Å². The number of hydrogen-bond acceptors (Lipinski definition) is 4. The molecule has 2 N–H and O–H groups in total. The second-order valence-corrected chi connectivity index (χ2v) is 4.52. The molecule has 1 aliphatic heterocycles. The summed E-state index contributed by atoms with van der Waals surface area (Å²) in [5.74, 6) is -1.38. The Bertz CT molecular complexity index is 514. The minimum atomic E-state index is -0.945. The molecule has 1 atom stereocenters. The van der Waals surface area contributed by atoms with E-state index in [0.29, 0.717) is 12.3 Å². The van der Waals surface area contributed by atoms with E-state index >= 15 is 0 Å². The molecule has 1 aromatic carbocycles. The number of carbonyl (C=O) groups is 2. The molecule has 0 bridgehead atoms. The average molecular weight is 265 g/mol. The fourth-order valence-electron chi connectivity index (χ4n) is 2.13. The number of methoxy groups -OCH3 is 1. The van der Waals surface area contributed by atoms with Crippen LogP contribution in [0.25, 0.3) is 0 Å². The first-order valence-electron chi connectivity index (χ1n) is 5.87. The van der Waals surface area contributed by atoms with Gasteiger partial charge in [-0.15, -0.1) is 0 Å². The molecule has 0 aromatic heterocycles. The third-order valence-corrected chi connectivity index (χ3v) is 3.18. The third kappa shape index (κ3) is 2.78. The number of aliphatic carboxylic acids is 1. The fourth-order valence-corrected chi connectivity index (χ4v) is 2.13. The van der Waals surface area contributed by atoms with Crippen molar-refractivity contribution in [3.63, 3.8) is 0 Å². The number of hydrogen-bond donors (Lipinski definition) is 2. The Labute approximate surface area is 110 Å². The monoisotopic (exact) mass is 265 g/mol. The normalized spacial score (nSPS) is 18.7. The van der Waals surface area contributed by atoms with Gasteiger partial charge in [-0.05, 0) is 17.7 Å². The lowest BCUT2D eigenvalue weighted by atomic mass is 10.1. The average Bonchev–Trinajstić information content (AvgIpc) is 2.73. The zero-order chi connectivity index (χ0) is 14.0. The molecule has 1 fully saturated rings. The molecule has 0 radical (unpaired) electrons. The molecule has 6 heteroatoms. The van der Waals surface area contributed by atoms with E-state index in [9.17, 15) is 14.7 Å². The van der Waals surface area contributed by atoms with Crippen molar-refractivity contribution < 1.29 is 24.5 Å². The molecule has 1 aliphatic rings. The van der Waals surface area contributed by atoms with Gasteiger partial charge in [0.25, 0.3) is 0 Å². The molecule has 0 aliphatic carbocycles. The number of carboxylic acid groups (broad SMARTS) is 1. The second-order valence-electron chi connectivity index (χ2n) is 4.52. The van der Waals surface area contributed by atoms with Gasteiger partial charge in [0.15, 0.2) is 11.5 Å². The van der Waals surface area contributed by atoms with E-state index in [2.05, 4.69) is 0 Å². The SMILES string of the molecule is COc1cc(CN2CC(C(=O)O)CC2=O)ccc1O. The molecule has 19 heavy (non-hydrogen) atoms. The van der Waals surface area contributed by atoms with Crippen LogP contribution < -0.4 is 4.74 Å². The number of phenols is 1. The van der Waals surface area contributed by atoms with Crippen LogP contribution in [0.15, 0.2) is 18.2 Å². The summed E-state index contributed by atoms with van der Waals surface area (Å²) in [4.78, 5) is 24.1. The molecule has 1 aromatic rings. The molecule has 1 heterocycles. The highest BCUT2D eigenvalue weighted by molar-refractivity contribution is 5.86. The summed E-state index contributed by atoms with van der Waals surface area (Å²) in [5, 5.41) is 18.4. The Morgan fingerprint density at radius 1 is 1.53 bits per heavy atom. The maximum Gasteiger partial charge on any atom is 0.308 e. The summed E-state index contributed by atoms with van der Waals surface area (Å²) in [6, 6.07) is 4.80. The summed E-state index contributed by atoms with van der Waals surface area (Å²) in [7, 11) is 1.44. The molecule has 1 unspecified atom stereocenters. The number of benzene rings is 1. The number of carbonyl (C=O) groups excluding carboxylic acids is 1. The van der Waals surface area contributed by atoms with Gasteiger partial charge in [0.2, 0.25) is 5.91 Å². The molecule has 0 spiro atoms. The summed E-state index contributed by atoms with van der Waals surface area (Å²) in [6.45, 7) is 0.538. The number of amides is 1. The Kier molecular flexibility index (Phi) is 3.59. The molecular weight excluding hydrogens is 250 g/mol. The molecule has 102 valence electrons. The lowest BCUT2D eigenvalue weighted by molar-refractivity contribution is -0.141. The summed E-state index contributed by atoms with van der Waals surface area (Å²) >= 11 is 0. The van der Waals surface area contributed by atoms with Crippen LogP contribution >= 0.6 is 0 Å². The van der Waals surface area contributed by atoms with Gasteiger partial charge in [0, 0.05) is 19.5 Å². The first kappa shape index (κ1) is 13.2. The summed E-state index contributed by atoms with van der Waals surface area (Å²) < 4.78 is 4.99. The van der Waals surface area contributed by atoms with E-state index in [1.807, 2.05) is 0 Å². The predicted molar refractivity (Wildman–Crippen MR) is 65.8 cm³/mol. The minimum Gasteiger partial charge on any atom is -0.504 e. The van der Waals surface area contributed by atoms with Crippen LogP contribution in [0, 0.1) is 5.92 Å². The van der Waals surface area contributed by atoms with Crippen LogP contribution in [0.4, 0.5) is 0 Å². The molecule has 6 nitrogen and oxygen atoms in total. The van der Waals surface area contributed by atoms with Gasteiger partial charge in [0.1, 0.15) is 0 Å². The number of aromatic hydroxyl groups is 1. The topological polar surface area (TPSA) is 87.1 Å². The Morgan fingerprint density at radius 3 is 2.84 bits per heavy atom. The van der Waals surface area contributed by atoms with E-state index < -0.39 is 11.9 Å². The van der Waals surface area contributed by atoms with Crippen molar-refractivity contribution in [3.8, 4) is 11.5 Å². The van der Waals surface area contributed by atoms with Crippen LogP contribution in [-0.4, -0.2) is 40.6 Å². The van der Waals surface area contributed by atoms with E-state index in [4.69, 9.17) is 9.84 Å². The van der Waals surface area contributed by atoms with Gasteiger partial charge in [-0.25, -0.2) is 0 Å². The summed E-state index contributed by atoms with van der Waals surface area (Å²) in [5.41, 5.74) is 0.786. The van der Waals surface area contributed by atoms with E-state index in [1.54, 1.807) is 12.1 Å². The highest BCUT2D eigenvalue weighted by Crippen LogP contribution is 2.28. The first-order valence-corrected chi connectivity index (χ1v) is 5.87. The number of nitrogens with zero attached hydrogens (tertiary/aromatic N) is 1. The van der Waals surface area contributed by atoms with Crippen molar-refractivity contribution in [1.29, 1.82) is 0 Å². The Balaban J connectivity index is 2.09. The lowest BCUT2D eigenvalue weighted by Crippen LogP contribution is -2.25. The standard InChI is InChI=1S/C13H15NO5/c1-19-11-4-8(2-3-10(11)15)6-14-7-9(13(17)18)5-12(14)16/h2-4,9,15H,5-7H2,1H3,(H,17,18). The Hall–Kier alpha value is -2.24. The molecule has 1 amide bonds. The number of ether oxygens (including phenoxy) is 1. The second kappa shape index (κ2) is 5.17. The summed E-state index contributed by atoms with van der Waals surface area (Å²) in [6.07, 6.45) is 0.0462. The van der Waals surface area contributed by atoms with Gasteiger partial charge in [-0.1, -0.05) is 6.07 Å². The number of rotatable bonds is 4. The molecule has 0 saturated carbocycles. The number of likely N-dealkylation sites (tertiary alicyclic amines) is 1.